The number of benzene rings is 2. The molecule has 164 valence electrons. The first kappa shape index (κ1) is 23.1. The molecule has 31 heavy (non-hydrogen) atoms. The zero-order valence-electron chi connectivity index (χ0n) is 17.3. The van der Waals surface area contributed by atoms with Crippen LogP contribution in [-0.4, -0.2) is 48.6 Å². The van der Waals surface area contributed by atoms with Crippen molar-refractivity contribution in [2.45, 2.75) is 38.0 Å². The summed E-state index contributed by atoms with van der Waals surface area (Å²) in [6.45, 7) is 0.576. The standard InChI is InChI=1S/C23H25IN2O5/c1-30-22(28)19(14-17-10-5-6-11-18(17)24)25-21(27)20-12-7-13-26(20)23(29)31-15-16-8-3-2-4-9-16/h2-6,8-11,19-20H,7,12-15H2,1H3,(H,25,27)/t19-,20+/m0/s1. The maximum atomic E-state index is 13.0. The zero-order valence-corrected chi connectivity index (χ0v) is 19.4. The van der Waals surface area contributed by atoms with Gasteiger partial charge < -0.3 is 14.8 Å². The van der Waals surface area contributed by atoms with E-state index >= 15 is 0 Å². The zero-order chi connectivity index (χ0) is 22.2. The molecule has 0 aromatic heterocycles. The molecule has 8 heteroatoms. The summed E-state index contributed by atoms with van der Waals surface area (Å²) in [5.74, 6) is -0.903. The van der Waals surface area contributed by atoms with Crippen LogP contribution in [0.1, 0.15) is 24.0 Å². The summed E-state index contributed by atoms with van der Waals surface area (Å²) in [4.78, 5) is 39.3. The largest absolute Gasteiger partial charge is 0.467 e. The van der Waals surface area contributed by atoms with E-state index in [9.17, 15) is 14.4 Å². The van der Waals surface area contributed by atoms with E-state index in [-0.39, 0.29) is 12.5 Å². The van der Waals surface area contributed by atoms with Crippen molar-refractivity contribution in [3.63, 3.8) is 0 Å². The number of nitrogens with zero attached hydrogens (tertiary/aromatic N) is 1. The lowest BCUT2D eigenvalue weighted by Crippen LogP contribution is -2.51. The van der Waals surface area contributed by atoms with Gasteiger partial charge in [-0.15, -0.1) is 0 Å². The molecule has 0 saturated carbocycles. The first-order chi connectivity index (χ1) is 15.0. The van der Waals surface area contributed by atoms with E-state index in [1.54, 1.807) is 0 Å². The number of methoxy groups -OCH3 is 1. The summed E-state index contributed by atoms with van der Waals surface area (Å²) in [6.07, 6.45) is 0.984. The number of esters is 1. The van der Waals surface area contributed by atoms with Gasteiger partial charge in [0.15, 0.2) is 0 Å². The second kappa shape index (κ2) is 11.1. The molecule has 2 amide bonds. The smallest absolute Gasteiger partial charge is 0.410 e. The van der Waals surface area contributed by atoms with Crippen LogP contribution in [0, 0.1) is 3.57 Å². The Kier molecular flexibility index (Phi) is 8.27. The van der Waals surface area contributed by atoms with Gasteiger partial charge in [-0.3, -0.25) is 9.69 Å². The van der Waals surface area contributed by atoms with E-state index in [2.05, 4.69) is 27.9 Å². The molecule has 7 nitrogen and oxygen atoms in total. The third-order valence-electron chi connectivity index (χ3n) is 5.18. The number of carbonyl (C=O) groups is 3. The molecule has 0 radical (unpaired) electrons. The van der Waals surface area contributed by atoms with E-state index in [1.165, 1.54) is 12.0 Å². The summed E-state index contributed by atoms with van der Waals surface area (Å²) in [7, 11) is 1.29. The Morgan fingerprint density at radius 2 is 1.84 bits per heavy atom. The minimum absolute atomic E-state index is 0.141. The van der Waals surface area contributed by atoms with Crippen LogP contribution in [0.3, 0.4) is 0 Å². The van der Waals surface area contributed by atoms with Crippen LogP contribution in [0.5, 0.6) is 0 Å². The minimum atomic E-state index is -0.837. The van der Waals surface area contributed by atoms with Gasteiger partial charge in [0, 0.05) is 16.5 Å². The van der Waals surface area contributed by atoms with E-state index in [0.29, 0.717) is 25.8 Å². The number of ether oxygens (including phenoxy) is 2. The van der Waals surface area contributed by atoms with Gasteiger partial charge in [-0.25, -0.2) is 9.59 Å². The molecule has 0 unspecified atom stereocenters. The van der Waals surface area contributed by atoms with Crippen molar-refractivity contribution in [2.75, 3.05) is 13.7 Å². The fraction of sp³-hybridized carbons (Fsp3) is 0.348. The van der Waals surface area contributed by atoms with Crippen molar-refractivity contribution in [1.29, 1.82) is 0 Å². The monoisotopic (exact) mass is 536 g/mol. The van der Waals surface area contributed by atoms with E-state index in [0.717, 1.165) is 14.7 Å². The van der Waals surface area contributed by atoms with E-state index in [4.69, 9.17) is 9.47 Å². The summed E-state index contributed by atoms with van der Waals surface area (Å²) >= 11 is 2.19. The highest BCUT2D eigenvalue weighted by molar-refractivity contribution is 14.1. The Bertz CT molecular complexity index is 921. The molecule has 2 aromatic rings. The second-order valence-electron chi connectivity index (χ2n) is 7.27. The molecule has 1 heterocycles. The third kappa shape index (κ3) is 6.19. The molecule has 1 saturated heterocycles. The Hall–Kier alpha value is -2.62. The van der Waals surface area contributed by atoms with Crippen LogP contribution in [0.25, 0.3) is 0 Å². The van der Waals surface area contributed by atoms with Crippen LogP contribution < -0.4 is 5.32 Å². The van der Waals surface area contributed by atoms with Gasteiger partial charge in [0.2, 0.25) is 5.91 Å². The molecule has 1 aliphatic rings. The molecule has 0 spiro atoms. The summed E-state index contributed by atoms with van der Waals surface area (Å²) in [5.41, 5.74) is 1.81. The highest BCUT2D eigenvalue weighted by Crippen LogP contribution is 2.20. The normalized spacial score (nSPS) is 16.5. The number of halogens is 1. The number of rotatable bonds is 7. The van der Waals surface area contributed by atoms with Gasteiger partial charge in [-0.2, -0.15) is 0 Å². The molecule has 3 rings (SSSR count). The molecule has 1 N–H and O–H groups in total. The highest BCUT2D eigenvalue weighted by atomic mass is 127. The lowest BCUT2D eigenvalue weighted by atomic mass is 10.1. The van der Waals surface area contributed by atoms with Crippen LogP contribution in [0.2, 0.25) is 0 Å². The average molecular weight is 536 g/mol. The lowest BCUT2D eigenvalue weighted by Gasteiger charge is -2.25. The number of hydrogen-bond donors (Lipinski definition) is 1. The van der Waals surface area contributed by atoms with E-state index < -0.39 is 24.1 Å². The van der Waals surface area contributed by atoms with Crippen molar-refractivity contribution in [1.82, 2.24) is 10.2 Å². The molecule has 0 bridgehead atoms. The average Bonchev–Trinajstić information content (AvgIpc) is 3.29. The second-order valence-corrected chi connectivity index (χ2v) is 8.43. The predicted molar refractivity (Wildman–Crippen MR) is 123 cm³/mol. The van der Waals surface area contributed by atoms with Gasteiger partial charge in [0.25, 0.3) is 0 Å². The molecular weight excluding hydrogens is 511 g/mol. The van der Waals surface area contributed by atoms with Gasteiger partial charge >= 0.3 is 12.1 Å². The topological polar surface area (TPSA) is 84.9 Å². The number of nitrogens with one attached hydrogen (secondary N) is 1. The van der Waals surface area contributed by atoms with Gasteiger partial charge in [0.05, 0.1) is 7.11 Å². The Balaban J connectivity index is 1.63. The van der Waals surface area contributed by atoms with Crippen molar-refractivity contribution in [3.8, 4) is 0 Å². The highest BCUT2D eigenvalue weighted by Gasteiger charge is 2.37. The molecular formula is C23H25IN2O5. The molecule has 2 atom stereocenters. The number of hydrogen-bond acceptors (Lipinski definition) is 5. The minimum Gasteiger partial charge on any atom is -0.467 e. The SMILES string of the molecule is COC(=O)[C@H](Cc1ccccc1I)NC(=O)[C@H]1CCCN1C(=O)OCc1ccccc1. The summed E-state index contributed by atoms with van der Waals surface area (Å²) < 4.78 is 11.3. The fourth-order valence-corrected chi connectivity index (χ4v) is 4.15. The Labute approximate surface area is 195 Å². The van der Waals surface area contributed by atoms with Gasteiger partial charge in [-0.05, 0) is 52.6 Å². The molecule has 1 aliphatic heterocycles. The molecule has 2 aromatic carbocycles. The first-order valence-corrected chi connectivity index (χ1v) is 11.2. The van der Waals surface area contributed by atoms with Crippen LogP contribution in [-0.2, 0) is 32.1 Å². The quantitative estimate of drug-likeness (QED) is 0.434. The van der Waals surface area contributed by atoms with Crippen molar-refractivity contribution in [2.24, 2.45) is 0 Å². The summed E-state index contributed by atoms with van der Waals surface area (Å²) in [5, 5.41) is 2.78. The summed E-state index contributed by atoms with van der Waals surface area (Å²) in [6, 6.07) is 15.5. The Morgan fingerprint density at radius 3 is 2.55 bits per heavy atom. The van der Waals surface area contributed by atoms with Gasteiger partial charge in [-0.1, -0.05) is 48.5 Å². The van der Waals surface area contributed by atoms with Crippen molar-refractivity contribution in [3.05, 3.63) is 69.3 Å². The number of amides is 2. The Morgan fingerprint density at radius 1 is 1.13 bits per heavy atom. The van der Waals surface area contributed by atoms with Crippen molar-refractivity contribution >= 4 is 40.6 Å². The predicted octanol–water partition coefficient (Wildman–Crippen LogP) is 3.29. The first-order valence-electron chi connectivity index (χ1n) is 10.1. The maximum absolute atomic E-state index is 13.0. The molecule has 0 aliphatic carbocycles. The maximum Gasteiger partial charge on any atom is 0.410 e. The van der Waals surface area contributed by atoms with Crippen molar-refractivity contribution < 1.29 is 23.9 Å². The van der Waals surface area contributed by atoms with Crippen LogP contribution in [0.4, 0.5) is 4.79 Å². The number of carbonyl (C=O) groups excluding carboxylic acids is 3. The third-order valence-corrected chi connectivity index (χ3v) is 6.23. The van der Waals surface area contributed by atoms with Crippen LogP contribution >= 0.6 is 22.6 Å². The molecule has 1 fully saturated rings. The lowest BCUT2D eigenvalue weighted by molar-refractivity contribution is -0.145. The number of likely N-dealkylation sites (tertiary alicyclic amines) is 1. The van der Waals surface area contributed by atoms with Gasteiger partial charge in [0.1, 0.15) is 18.7 Å². The van der Waals surface area contributed by atoms with Crippen LogP contribution in [0.15, 0.2) is 54.6 Å². The van der Waals surface area contributed by atoms with E-state index in [1.807, 2.05) is 54.6 Å². The fourth-order valence-electron chi connectivity index (χ4n) is 3.55.